The average Bonchev–Trinajstić information content (AvgIpc) is 2.79. The second-order valence-electron chi connectivity index (χ2n) is 6.75. The van der Waals surface area contributed by atoms with Gasteiger partial charge < -0.3 is 15.6 Å². The molecule has 0 radical (unpaired) electrons. The van der Waals surface area contributed by atoms with Crippen LogP contribution in [-0.2, 0) is 16.2 Å². The van der Waals surface area contributed by atoms with E-state index in [4.69, 9.17) is 11.0 Å². The lowest BCUT2D eigenvalue weighted by molar-refractivity contribution is -0.122. The summed E-state index contributed by atoms with van der Waals surface area (Å²) in [6.45, 7) is 0.908. The Kier molecular flexibility index (Phi) is 5.81. The normalized spacial score (nSPS) is 15.2. The maximum Gasteiger partial charge on any atom is 0.238 e. The summed E-state index contributed by atoms with van der Waals surface area (Å²) >= 11 is -1.58. The van der Waals surface area contributed by atoms with Crippen molar-refractivity contribution in [3.63, 3.8) is 0 Å². The van der Waals surface area contributed by atoms with E-state index in [0.717, 1.165) is 0 Å². The zero-order chi connectivity index (χ0) is 22.0. The Morgan fingerprint density at radius 2 is 2.06 bits per heavy atom. The van der Waals surface area contributed by atoms with E-state index < -0.39 is 17.2 Å². The number of nitriles is 1. The fraction of sp³-hybridized carbons (Fsp3) is 0.143. The number of hydrogen-bond donors (Lipinski definition) is 2. The summed E-state index contributed by atoms with van der Waals surface area (Å²) in [5, 5.41) is 11.8. The highest BCUT2D eigenvalue weighted by Crippen LogP contribution is 2.32. The van der Waals surface area contributed by atoms with Crippen LogP contribution < -0.4 is 11.1 Å². The zero-order valence-corrected chi connectivity index (χ0v) is 17.0. The minimum absolute atomic E-state index is 0.0221. The molecule has 31 heavy (non-hydrogen) atoms. The number of anilines is 1. The highest BCUT2D eigenvalue weighted by Gasteiger charge is 2.30. The van der Waals surface area contributed by atoms with Gasteiger partial charge in [-0.25, -0.2) is 14.4 Å². The number of amides is 1. The van der Waals surface area contributed by atoms with E-state index in [1.807, 2.05) is 6.07 Å². The maximum atomic E-state index is 15.0. The van der Waals surface area contributed by atoms with E-state index in [2.05, 4.69) is 15.3 Å². The molecular weight excluding hydrogens is 419 g/mol. The number of hydrogen-bond acceptors (Lipinski definition) is 7. The summed E-state index contributed by atoms with van der Waals surface area (Å²) in [4.78, 5) is 20.1. The highest BCUT2D eigenvalue weighted by atomic mass is 32.2. The van der Waals surface area contributed by atoms with Crippen molar-refractivity contribution in [2.24, 2.45) is 0 Å². The Morgan fingerprint density at radius 1 is 1.26 bits per heavy atom. The van der Waals surface area contributed by atoms with Gasteiger partial charge in [0, 0.05) is 17.7 Å². The van der Waals surface area contributed by atoms with Crippen LogP contribution >= 0.6 is 0 Å². The molecular formula is C21H17FN6O2S. The van der Waals surface area contributed by atoms with Gasteiger partial charge in [-0.1, -0.05) is 18.2 Å². The number of benzene rings is 2. The fourth-order valence-electron chi connectivity index (χ4n) is 3.25. The molecule has 4 rings (SSSR count). The number of carbonyl (C=O) groups excluding carboxylic acids is 1. The summed E-state index contributed by atoms with van der Waals surface area (Å²) in [6.07, 6.45) is 1.30. The summed E-state index contributed by atoms with van der Waals surface area (Å²) < 4.78 is 29.7. The van der Waals surface area contributed by atoms with Gasteiger partial charge in [0.2, 0.25) is 5.91 Å². The van der Waals surface area contributed by atoms with Crippen molar-refractivity contribution in [1.82, 2.24) is 19.6 Å². The second kappa shape index (κ2) is 8.69. The van der Waals surface area contributed by atoms with Crippen LogP contribution in [0.3, 0.4) is 0 Å². The number of carbonyl (C=O) groups is 1. The molecule has 0 saturated carbocycles. The maximum absolute atomic E-state index is 15.0. The van der Waals surface area contributed by atoms with E-state index >= 15 is 0 Å². The van der Waals surface area contributed by atoms with Crippen LogP contribution in [0.1, 0.15) is 5.69 Å². The van der Waals surface area contributed by atoms with Gasteiger partial charge >= 0.3 is 0 Å². The molecule has 1 saturated heterocycles. The van der Waals surface area contributed by atoms with Crippen LogP contribution in [0, 0.1) is 17.1 Å². The van der Waals surface area contributed by atoms with Gasteiger partial charge in [0.05, 0.1) is 29.8 Å². The van der Waals surface area contributed by atoms with Gasteiger partial charge in [0.15, 0.2) is 16.4 Å². The van der Waals surface area contributed by atoms with Crippen molar-refractivity contribution in [2.75, 3.05) is 25.4 Å². The van der Waals surface area contributed by atoms with Crippen LogP contribution in [-0.4, -0.2) is 44.4 Å². The number of rotatable bonds is 4. The first-order valence-corrected chi connectivity index (χ1v) is 10.4. The number of nitrogens with one attached hydrogen (secondary N) is 1. The standard InChI is InChI=1S/C21H17FN6O2S/c22-16-9-13(5-6-15(16)18-11-26-21(24)17(10-23)27-18)14-3-1-2-4-19(14)31(30)28-8-7-25-20(29)12-28/h1-6,9,11H,7-8,12H2,(H2,24,26)(H,25,29). The van der Waals surface area contributed by atoms with E-state index in [1.54, 1.807) is 34.6 Å². The van der Waals surface area contributed by atoms with Gasteiger partial charge in [-0.15, -0.1) is 4.31 Å². The van der Waals surface area contributed by atoms with Gasteiger partial charge in [0.25, 0.3) is 0 Å². The fourth-order valence-corrected chi connectivity index (χ4v) is 4.59. The third-order valence-electron chi connectivity index (χ3n) is 4.78. The number of aromatic nitrogens is 2. The van der Waals surface area contributed by atoms with Crippen molar-refractivity contribution in [3.05, 3.63) is 60.2 Å². The molecule has 1 fully saturated rings. The molecule has 3 N–H and O–H groups in total. The van der Waals surface area contributed by atoms with E-state index in [-0.39, 0.29) is 35.2 Å². The van der Waals surface area contributed by atoms with Crippen molar-refractivity contribution < 1.29 is 13.7 Å². The van der Waals surface area contributed by atoms with E-state index in [9.17, 15) is 13.7 Å². The molecule has 2 heterocycles. The van der Waals surface area contributed by atoms with Crippen molar-refractivity contribution in [2.45, 2.75) is 4.90 Å². The molecule has 1 aliphatic heterocycles. The molecule has 3 aromatic rings. The molecule has 10 heteroatoms. The molecule has 0 spiro atoms. The Labute approximate surface area is 180 Å². The van der Waals surface area contributed by atoms with Crippen LogP contribution in [0.15, 0.2) is 53.6 Å². The lowest BCUT2D eigenvalue weighted by atomic mass is 10.0. The molecule has 1 unspecified atom stereocenters. The van der Waals surface area contributed by atoms with Gasteiger partial charge in [-0.2, -0.15) is 5.26 Å². The number of nitrogen functional groups attached to an aromatic ring is 1. The highest BCUT2D eigenvalue weighted by molar-refractivity contribution is 7.89. The molecule has 1 aromatic heterocycles. The second-order valence-corrected chi connectivity index (χ2v) is 8.21. The monoisotopic (exact) mass is 436 g/mol. The minimum atomic E-state index is -1.58. The smallest absolute Gasteiger partial charge is 0.238 e. The Morgan fingerprint density at radius 3 is 2.81 bits per heavy atom. The first-order valence-electron chi connectivity index (χ1n) is 9.33. The number of piperazine rings is 1. The van der Waals surface area contributed by atoms with Crippen molar-refractivity contribution in [1.29, 1.82) is 5.26 Å². The summed E-state index contributed by atoms with van der Waals surface area (Å²) in [5.74, 6) is -0.779. The number of nitrogens with two attached hydrogens (primary N) is 1. The van der Waals surface area contributed by atoms with Crippen LogP contribution in [0.5, 0.6) is 0 Å². The third-order valence-corrected chi connectivity index (χ3v) is 6.29. The van der Waals surface area contributed by atoms with Gasteiger partial charge in [-0.05, 0) is 29.8 Å². The van der Waals surface area contributed by atoms with E-state index in [0.29, 0.717) is 29.1 Å². The van der Waals surface area contributed by atoms with Gasteiger partial charge in [0.1, 0.15) is 18.4 Å². The topological polar surface area (TPSA) is 131 Å². The Bertz CT molecular complexity index is 1200. The lowest BCUT2D eigenvalue weighted by Crippen LogP contribution is -2.49. The van der Waals surface area contributed by atoms with Gasteiger partial charge in [-0.3, -0.25) is 4.79 Å². The zero-order valence-electron chi connectivity index (χ0n) is 16.2. The Balaban J connectivity index is 1.69. The Hall–Kier alpha value is -3.52. The first kappa shape index (κ1) is 20.7. The summed E-state index contributed by atoms with van der Waals surface area (Å²) in [6, 6.07) is 13.3. The van der Waals surface area contributed by atoms with Crippen LogP contribution in [0.4, 0.5) is 10.2 Å². The summed E-state index contributed by atoms with van der Waals surface area (Å²) in [7, 11) is 0. The molecule has 156 valence electrons. The van der Waals surface area contributed by atoms with E-state index in [1.165, 1.54) is 18.3 Å². The molecule has 1 amide bonds. The number of halogens is 1. The predicted molar refractivity (Wildman–Crippen MR) is 113 cm³/mol. The largest absolute Gasteiger partial charge is 0.593 e. The minimum Gasteiger partial charge on any atom is -0.593 e. The van der Waals surface area contributed by atoms with Crippen molar-refractivity contribution >= 4 is 23.1 Å². The summed E-state index contributed by atoms with van der Waals surface area (Å²) in [5.41, 5.74) is 6.98. The molecule has 8 nitrogen and oxygen atoms in total. The quantitative estimate of drug-likeness (QED) is 0.597. The SMILES string of the molecule is N#Cc1nc(-c2ccc(-c3ccccc3[S+]([O-])N3CCNC(=O)C3)cc2F)cnc1N. The van der Waals surface area contributed by atoms with Crippen LogP contribution in [0.25, 0.3) is 22.4 Å². The average molecular weight is 436 g/mol. The van der Waals surface area contributed by atoms with Crippen LogP contribution in [0.2, 0.25) is 0 Å². The molecule has 2 aromatic carbocycles. The molecule has 0 bridgehead atoms. The molecule has 0 aliphatic carbocycles. The van der Waals surface area contributed by atoms with Crippen molar-refractivity contribution in [3.8, 4) is 28.5 Å². The molecule has 1 atom stereocenters. The number of nitrogens with zero attached hydrogens (tertiary/aromatic N) is 4. The molecule has 1 aliphatic rings. The third kappa shape index (κ3) is 4.20. The lowest BCUT2D eigenvalue weighted by Gasteiger charge is -2.28. The predicted octanol–water partition coefficient (Wildman–Crippen LogP) is 1.86. The first-order chi connectivity index (χ1) is 15.0.